The average molecular weight is 256 g/mol. The molecule has 0 radical (unpaired) electrons. The molecule has 0 aliphatic heterocycles. The maximum absolute atomic E-state index is 11.7. The van der Waals surface area contributed by atoms with Crippen LogP contribution in [0.2, 0.25) is 0 Å². The van der Waals surface area contributed by atoms with E-state index in [1.54, 1.807) is 0 Å². The fourth-order valence-corrected chi connectivity index (χ4v) is 2.64. The minimum Gasteiger partial charge on any atom is -0.388 e. The highest BCUT2D eigenvalue weighted by molar-refractivity contribution is 5.75. The highest BCUT2D eigenvalue weighted by Gasteiger charge is 2.32. The molecule has 4 N–H and O–H groups in total. The standard InChI is InChI=1S/C14H28N2O2/c1-11-4-3-7-14(18,8-11)10-16-13(17)6-5-12(2)9-15/h11-12,18H,3-10,15H2,1-2H3,(H,16,17). The number of hydrogen-bond donors (Lipinski definition) is 3. The van der Waals surface area contributed by atoms with E-state index in [9.17, 15) is 9.90 Å². The summed E-state index contributed by atoms with van der Waals surface area (Å²) in [5.41, 5.74) is 4.83. The predicted octanol–water partition coefficient (Wildman–Crippen LogP) is 1.42. The van der Waals surface area contributed by atoms with Gasteiger partial charge in [0.25, 0.3) is 0 Å². The van der Waals surface area contributed by atoms with Crippen LogP contribution in [0.4, 0.5) is 0 Å². The van der Waals surface area contributed by atoms with Gasteiger partial charge in [-0.1, -0.05) is 26.7 Å². The van der Waals surface area contributed by atoms with Crippen LogP contribution in [0.3, 0.4) is 0 Å². The molecule has 0 aromatic heterocycles. The number of aliphatic hydroxyl groups is 1. The van der Waals surface area contributed by atoms with Gasteiger partial charge in [0.1, 0.15) is 0 Å². The molecule has 1 amide bonds. The van der Waals surface area contributed by atoms with Crippen molar-refractivity contribution in [3.05, 3.63) is 0 Å². The molecule has 4 heteroatoms. The number of carbonyl (C=O) groups excluding carboxylic acids is 1. The summed E-state index contributed by atoms with van der Waals surface area (Å²) < 4.78 is 0. The Labute approximate surface area is 110 Å². The molecular formula is C14H28N2O2. The summed E-state index contributed by atoms with van der Waals surface area (Å²) in [6.07, 6.45) is 5.16. The Morgan fingerprint density at radius 2 is 2.33 bits per heavy atom. The molecule has 0 spiro atoms. The second kappa shape index (κ2) is 7.10. The van der Waals surface area contributed by atoms with Crippen molar-refractivity contribution in [1.82, 2.24) is 5.32 Å². The third kappa shape index (κ3) is 5.36. The Kier molecular flexibility index (Phi) is 6.09. The molecule has 1 fully saturated rings. The van der Waals surface area contributed by atoms with Crippen molar-refractivity contribution in [2.45, 2.75) is 58.0 Å². The Bertz CT molecular complexity index is 271. The fraction of sp³-hybridized carbons (Fsp3) is 0.929. The number of rotatable bonds is 6. The van der Waals surface area contributed by atoms with Gasteiger partial charge in [0.15, 0.2) is 0 Å². The number of carbonyl (C=O) groups is 1. The lowest BCUT2D eigenvalue weighted by molar-refractivity contribution is -0.123. The lowest BCUT2D eigenvalue weighted by Gasteiger charge is -2.35. The summed E-state index contributed by atoms with van der Waals surface area (Å²) in [5.74, 6) is 0.966. The van der Waals surface area contributed by atoms with Crippen LogP contribution in [-0.4, -0.2) is 29.7 Å². The molecule has 1 rings (SSSR count). The molecule has 0 aromatic rings. The Morgan fingerprint density at radius 3 is 2.94 bits per heavy atom. The number of nitrogens with two attached hydrogens (primary N) is 1. The summed E-state index contributed by atoms with van der Waals surface area (Å²) >= 11 is 0. The molecule has 106 valence electrons. The van der Waals surface area contributed by atoms with Crippen LogP contribution >= 0.6 is 0 Å². The third-order valence-corrected chi connectivity index (χ3v) is 3.95. The third-order valence-electron chi connectivity index (χ3n) is 3.95. The Balaban J connectivity index is 2.24. The number of hydrogen-bond acceptors (Lipinski definition) is 3. The minimum absolute atomic E-state index is 0.0296. The second-order valence-corrected chi connectivity index (χ2v) is 6.08. The van der Waals surface area contributed by atoms with Crippen LogP contribution in [0.25, 0.3) is 0 Å². The van der Waals surface area contributed by atoms with Crippen molar-refractivity contribution in [1.29, 1.82) is 0 Å². The van der Waals surface area contributed by atoms with E-state index in [0.29, 0.717) is 31.3 Å². The zero-order chi connectivity index (χ0) is 13.6. The quantitative estimate of drug-likeness (QED) is 0.673. The molecule has 18 heavy (non-hydrogen) atoms. The molecule has 0 heterocycles. The number of amides is 1. The van der Waals surface area contributed by atoms with Gasteiger partial charge in [-0.3, -0.25) is 4.79 Å². The fourth-order valence-electron chi connectivity index (χ4n) is 2.64. The maximum atomic E-state index is 11.7. The first-order valence-corrected chi connectivity index (χ1v) is 7.14. The van der Waals surface area contributed by atoms with Gasteiger partial charge in [-0.05, 0) is 37.6 Å². The van der Waals surface area contributed by atoms with E-state index in [-0.39, 0.29) is 5.91 Å². The van der Waals surface area contributed by atoms with Crippen LogP contribution in [0, 0.1) is 11.8 Å². The van der Waals surface area contributed by atoms with Crippen molar-refractivity contribution in [2.24, 2.45) is 17.6 Å². The average Bonchev–Trinajstić information content (AvgIpc) is 2.33. The van der Waals surface area contributed by atoms with E-state index in [1.165, 1.54) is 6.42 Å². The van der Waals surface area contributed by atoms with E-state index in [1.807, 2.05) is 6.92 Å². The van der Waals surface area contributed by atoms with Crippen LogP contribution in [0.15, 0.2) is 0 Å². The molecule has 1 saturated carbocycles. The van der Waals surface area contributed by atoms with Gasteiger partial charge in [0.2, 0.25) is 5.91 Å². The second-order valence-electron chi connectivity index (χ2n) is 6.08. The van der Waals surface area contributed by atoms with Crippen molar-refractivity contribution in [3.63, 3.8) is 0 Å². The largest absolute Gasteiger partial charge is 0.388 e. The maximum Gasteiger partial charge on any atom is 0.220 e. The van der Waals surface area contributed by atoms with Gasteiger partial charge in [0.05, 0.1) is 5.60 Å². The van der Waals surface area contributed by atoms with Crippen molar-refractivity contribution < 1.29 is 9.90 Å². The monoisotopic (exact) mass is 256 g/mol. The van der Waals surface area contributed by atoms with Gasteiger partial charge in [-0.25, -0.2) is 0 Å². The molecule has 3 atom stereocenters. The first-order valence-electron chi connectivity index (χ1n) is 7.14. The molecule has 3 unspecified atom stereocenters. The van der Waals surface area contributed by atoms with Gasteiger partial charge in [-0.2, -0.15) is 0 Å². The minimum atomic E-state index is -0.688. The summed E-state index contributed by atoms with van der Waals surface area (Å²) in [4.78, 5) is 11.7. The normalized spacial score (nSPS) is 29.9. The Morgan fingerprint density at radius 1 is 1.61 bits per heavy atom. The molecule has 4 nitrogen and oxygen atoms in total. The van der Waals surface area contributed by atoms with E-state index in [2.05, 4.69) is 12.2 Å². The molecular weight excluding hydrogens is 228 g/mol. The molecule has 1 aliphatic rings. The van der Waals surface area contributed by atoms with Crippen LogP contribution in [0.1, 0.15) is 52.4 Å². The Hall–Kier alpha value is -0.610. The first-order chi connectivity index (χ1) is 8.45. The van der Waals surface area contributed by atoms with Gasteiger partial charge >= 0.3 is 0 Å². The van der Waals surface area contributed by atoms with Gasteiger partial charge in [0, 0.05) is 13.0 Å². The van der Waals surface area contributed by atoms with E-state index >= 15 is 0 Å². The zero-order valence-electron chi connectivity index (χ0n) is 11.7. The highest BCUT2D eigenvalue weighted by atomic mass is 16.3. The van der Waals surface area contributed by atoms with Gasteiger partial charge < -0.3 is 16.2 Å². The summed E-state index contributed by atoms with van der Waals surface area (Å²) in [7, 11) is 0. The smallest absolute Gasteiger partial charge is 0.220 e. The highest BCUT2D eigenvalue weighted by Crippen LogP contribution is 2.31. The topological polar surface area (TPSA) is 75.4 Å². The van der Waals surface area contributed by atoms with Crippen molar-refractivity contribution in [3.8, 4) is 0 Å². The number of nitrogens with one attached hydrogen (secondary N) is 1. The first kappa shape index (κ1) is 15.4. The summed E-state index contributed by atoms with van der Waals surface area (Å²) in [6, 6.07) is 0. The lowest BCUT2D eigenvalue weighted by atomic mass is 9.79. The van der Waals surface area contributed by atoms with Crippen LogP contribution in [0.5, 0.6) is 0 Å². The summed E-state index contributed by atoms with van der Waals surface area (Å²) in [5, 5.41) is 13.2. The SMILES string of the molecule is CC(CN)CCC(=O)NCC1(O)CCCC(C)C1. The molecule has 1 aliphatic carbocycles. The van der Waals surface area contributed by atoms with Crippen molar-refractivity contribution in [2.75, 3.05) is 13.1 Å². The lowest BCUT2D eigenvalue weighted by Crippen LogP contribution is -2.45. The predicted molar refractivity (Wildman–Crippen MR) is 73.0 cm³/mol. The molecule has 0 bridgehead atoms. The van der Waals surface area contributed by atoms with Gasteiger partial charge in [-0.15, -0.1) is 0 Å². The van der Waals surface area contributed by atoms with Crippen LogP contribution in [-0.2, 0) is 4.79 Å². The van der Waals surface area contributed by atoms with Crippen molar-refractivity contribution >= 4 is 5.91 Å². The zero-order valence-corrected chi connectivity index (χ0v) is 11.7. The van der Waals surface area contributed by atoms with E-state index in [0.717, 1.165) is 25.7 Å². The van der Waals surface area contributed by atoms with E-state index in [4.69, 9.17) is 5.73 Å². The van der Waals surface area contributed by atoms with Crippen LogP contribution < -0.4 is 11.1 Å². The van der Waals surface area contributed by atoms with E-state index < -0.39 is 5.60 Å². The molecule has 0 aromatic carbocycles. The summed E-state index contributed by atoms with van der Waals surface area (Å²) in [6.45, 7) is 5.22. The molecule has 0 saturated heterocycles.